The summed E-state index contributed by atoms with van der Waals surface area (Å²) < 4.78 is 0. The van der Waals surface area contributed by atoms with Crippen molar-refractivity contribution in [2.45, 2.75) is 26.2 Å². The molecule has 0 fully saturated rings. The van der Waals surface area contributed by atoms with Crippen LogP contribution in [-0.4, -0.2) is 17.7 Å². The largest absolute Gasteiger partial charge is 0.465 e. The van der Waals surface area contributed by atoms with E-state index in [-0.39, 0.29) is 0 Å². The molecule has 0 aliphatic carbocycles. The summed E-state index contributed by atoms with van der Waals surface area (Å²) in [5.74, 6) is 0. The van der Waals surface area contributed by atoms with Gasteiger partial charge in [0, 0.05) is 6.54 Å². The molecule has 13 heavy (non-hydrogen) atoms. The van der Waals surface area contributed by atoms with Gasteiger partial charge in [0.05, 0.1) is 0 Å². The fourth-order valence-corrected chi connectivity index (χ4v) is 0.570. The van der Waals surface area contributed by atoms with Gasteiger partial charge >= 0.3 is 6.09 Å². The molecule has 1 amide bonds. The van der Waals surface area contributed by atoms with Crippen molar-refractivity contribution in [2.24, 2.45) is 0 Å². The molecule has 0 saturated heterocycles. The number of carboxylic acid groups (broad SMARTS) is 1. The van der Waals surface area contributed by atoms with E-state index in [1.807, 2.05) is 0 Å². The molecule has 0 aromatic carbocycles. The van der Waals surface area contributed by atoms with Crippen LogP contribution in [0.3, 0.4) is 0 Å². The van der Waals surface area contributed by atoms with Crippen LogP contribution in [0.5, 0.6) is 0 Å². The maximum Gasteiger partial charge on any atom is 0.404 e. The topological polar surface area (TPSA) is 96.9 Å². The van der Waals surface area contributed by atoms with E-state index in [1.54, 1.807) is 0 Å². The maximum absolute atomic E-state index is 9.85. The Labute approximate surface area is 77.6 Å². The summed E-state index contributed by atoms with van der Waals surface area (Å²) in [7, 11) is 0. The van der Waals surface area contributed by atoms with Gasteiger partial charge in [-0.3, -0.25) is 0 Å². The first-order valence-corrected chi connectivity index (χ1v) is 3.94. The van der Waals surface area contributed by atoms with Crippen LogP contribution in [0.25, 0.3) is 0 Å². The lowest BCUT2D eigenvalue weighted by molar-refractivity contribution is 0.194. The standard InChI is InChI=1S/C6H13NO2.C2N2/c1-2-3-4-5-7-6(8)9;3-1-2-4/h7H,2-5H2,1H3,(H,8,9);. The second-order valence-corrected chi connectivity index (χ2v) is 2.16. The highest BCUT2D eigenvalue weighted by molar-refractivity contribution is 5.64. The number of nitriles is 2. The zero-order valence-corrected chi connectivity index (χ0v) is 7.58. The number of nitrogens with one attached hydrogen (secondary N) is 1. The molecule has 0 aromatic rings. The molecule has 0 radical (unpaired) electrons. The first-order valence-electron chi connectivity index (χ1n) is 3.94. The molecule has 2 N–H and O–H groups in total. The molecule has 72 valence electrons. The molecule has 0 spiro atoms. The minimum absolute atomic E-state index is 0.586. The molecule has 0 bridgehead atoms. The number of amides is 1. The van der Waals surface area contributed by atoms with E-state index in [2.05, 4.69) is 12.2 Å². The van der Waals surface area contributed by atoms with Crippen LogP contribution in [0.4, 0.5) is 4.79 Å². The fourth-order valence-electron chi connectivity index (χ4n) is 0.570. The van der Waals surface area contributed by atoms with Crippen LogP contribution in [0, 0.1) is 22.7 Å². The third kappa shape index (κ3) is 25.3. The van der Waals surface area contributed by atoms with Gasteiger partial charge in [-0.2, -0.15) is 10.5 Å². The zero-order valence-electron chi connectivity index (χ0n) is 7.58. The highest BCUT2D eigenvalue weighted by Crippen LogP contribution is 1.90. The van der Waals surface area contributed by atoms with Crippen LogP contribution in [-0.2, 0) is 0 Å². The highest BCUT2D eigenvalue weighted by atomic mass is 16.4. The molecular formula is C8H13N3O2. The minimum Gasteiger partial charge on any atom is -0.465 e. The fraction of sp³-hybridized carbons (Fsp3) is 0.625. The molecule has 0 aliphatic rings. The van der Waals surface area contributed by atoms with Crippen molar-refractivity contribution >= 4 is 6.09 Å². The van der Waals surface area contributed by atoms with Crippen molar-refractivity contribution in [1.82, 2.24) is 5.32 Å². The molecule has 0 rings (SSSR count). The summed E-state index contributed by atoms with van der Waals surface area (Å²) >= 11 is 0. The summed E-state index contributed by atoms with van der Waals surface area (Å²) in [5.41, 5.74) is 0. The lowest BCUT2D eigenvalue weighted by Crippen LogP contribution is -2.21. The SMILES string of the molecule is CCCCCNC(=O)O.N#CC#N. The predicted octanol–water partition coefficient (Wildman–Crippen LogP) is 1.48. The molecule has 0 saturated carbocycles. The number of carbonyl (C=O) groups is 1. The van der Waals surface area contributed by atoms with Crippen LogP contribution in [0.2, 0.25) is 0 Å². The van der Waals surface area contributed by atoms with Gasteiger partial charge in [-0.25, -0.2) is 4.79 Å². The number of rotatable bonds is 4. The number of hydrogen-bond acceptors (Lipinski definition) is 3. The molecule has 5 nitrogen and oxygen atoms in total. The Bertz CT molecular complexity index is 190. The van der Waals surface area contributed by atoms with Gasteiger partial charge in [-0.05, 0) is 6.42 Å². The van der Waals surface area contributed by atoms with Crippen molar-refractivity contribution in [1.29, 1.82) is 10.5 Å². The summed E-state index contributed by atoms with van der Waals surface area (Å²) in [6.07, 6.45) is 2.25. The summed E-state index contributed by atoms with van der Waals surface area (Å²) in [6, 6.07) is 2.47. The van der Waals surface area contributed by atoms with Gasteiger partial charge in [0.25, 0.3) is 0 Å². The van der Waals surface area contributed by atoms with E-state index in [0.717, 1.165) is 19.3 Å². The first kappa shape index (κ1) is 13.8. The van der Waals surface area contributed by atoms with E-state index in [1.165, 1.54) is 12.1 Å². The lowest BCUT2D eigenvalue weighted by Gasteiger charge is -1.96. The normalized spacial score (nSPS) is 7.00. The van der Waals surface area contributed by atoms with Gasteiger partial charge in [0.2, 0.25) is 0 Å². The molecule has 0 heterocycles. The molecule has 0 unspecified atom stereocenters. The average molecular weight is 183 g/mol. The number of hydrogen-bond donors (Lipinski definition) is 2. The van der Waals surface area contributed by atoms with Crippen LogP contribution >= 0.6 is 0 Å². The predicted molar refractivity (Wildman–Crippen MR) is 46.8 cm³/mol. The monoisotopic (exact) mass is 183 g/mol. The third-order valence-corrected chi connectivity index (χ3v) is 1.11. The quantitative estimate of drug-likeness (QED) is 0.645. The van der Waals surface area contributed by atoms with Gasteiger partial charge < -0.3 is 10.4 Å². The molecule has 0 aromatic heterocycles. The molecular weight excluding hydrogens is 170 g/mol. The van der Waals surface area contributed by atoms with Crippen LogP contribution in [0.15, 0.2) is 0 Å². The van der Waals surface area contributed by atoms with E-state index in [9.17, 15) is 4.79 Å². The lowest BCUT2D eigenvalue weighted by atomic mass is 10.2. The van der Waals surface area contributed by atoms with Crippen molar-refractivity contribution in [2.75, 3.05) is 6.54 Å². The second kappa shape index (κ2) is 12.9. The van der Waals surface area contributed by atoms with E-state index < -0.39 is 6.09 Å². The number of unbranched alkanes of at least 4 members (excludes halogenated alkanes) is 2. The summed E-state index contributed by atoms with van der Waals surface area (Å²) in [4.78, 5) is 9.85. The Balaban J connectivity index is 0. The second-order valence-electron chi connectivity index (χ2n) is 2.16. The first-order chi connectivity index (χ1) is 6.18. The van der Waals surface area contributed by atoms with Crippen molar-refractivity contribution < 1.29 is 9.90 Å². The van der Waals surface area contributed by atoms with Crippen molar-refractivity contribution in [3.8, 4) is 12.1 Å². The molecule has 0 aliphatic heterocycles. The van der Waals surface area contributed by atoms with E-state index >= 15 is 0 Å². The van der Waals surface area contributed by atoms with Crippen LogP contribution in [0.1, 0.15) is 26.2 Å². The average Bonchev–Trinajstić information content (AvgIpc) is 2.13. The van der Waals surface area contributed by atoms with Crippen LogP contribution < -0.4 is 5.32 Å². The van der Waals surface area contributed by atoms with E-state index in [4.69, 9.17) is 15.6 Å². The molecule has 0 atom stereocenters. The summed E-state index contributed by atoms with van der Waals surface area (Å²) in [5, 5.41) is 24.9. The Morgan fingerprint density at radius 3 is 2.23 bits per heavy atom. The van der Waals surface area contributed by atoms with Crippen molar-refractivity contribution in [3.63, 3.8) is 0 Å². The van der Waals surface area contributed by atoms with E-state index in [0.29, 0.717) is 6.54 Å². The number of nitrogens with zero attached hydrogens (tertiary/aromatic N) is 2. The van der Waals surface area contributed by atoms with Gasteiger partial charge in [-0.15, -0.1) is 0 Å². The Hall–Kier alpha value is -1.75. The Kier molecular flexibility index (Phi) is 13.7. The van der Waals surface area contributed by atoms with Crippen molar-refractivity contribution in [3.05, 3.63) is 0 Å². The molecule has 5 heteroatoms. The van der Waals surface area contributed by atoms with Gasteiger partial charge in [0.1, 0.15) is 0 Å². The third-order valence-electron chi connectivity index (χ3n) is 1.11. The minimum atomic E-state index is -0.925. The Morgan fingerprint density at radius 1 is 1.38 bits per heavy atom. The highest BCUT2D eigenvalue weighted by Gasteiger charge is 1.90. The summed E-state index contributed by atoms with van der Waals surface area (Å²) in [6.45, 7) is 2.67. The van der Waals surface area contributed by atoms with Gasteiger partial charge in [0.15, 0.2) is 12.1 Å². The Morgan fingerprint density at radius 2 is 1.92 bits per heavy atom. The maximum atomic E-state index is 9.85. The smallest absolute Gasteiger partial charge is 0.404 e. The zero-order chi connectivity index (χ0) is 10.5. The van der Waals surface area contributed by atoms with Gasteiger partial charge in [-0.1, -0.05) is 19.8 Å².